The fourth-order valence-electron chi connectivity index (χ4n) is 3.27. The summed E-state index contributed by atoms with van der Waals surface area (Å²) in [4.78, 5) is 28.9. The highest BCUT2D eigenvalue weighted by atomic mass is 16.3. The summed E-state index contributed by atoms with van der Waals surface area (Å²) in [7, 11) is 3.94. The number of likely N-dealkylation sites (N-methyl/N-ethyl adjacent to an activating group) is 1. The van der Waals surface area contributed by atoms with Gasteiger partial charge < -0.3 is 19.5 Å². The van der Waals surface area contributed by atoms with Crippen LogP contribution in [0.4, 0.5) is 5.69 Å². The molecule has 0 spiro atoms. The maximum absolute atomic E-state index is 13.1. The van der Waals surface area contributed by atoms with E-state index in [1.807, 2.05) is 68.4 Å². The van der Waals surface area contributed by atoms with E-state index in [1.54, 1.807) is 17.0 Å². The van der Waals surface area contributed by atoms with Crippen molar-refractivity contribution in [1.29, 1.82) is 0 Å². The maximum atomic E-state index is 13.1. The van der Waals surface area contributed by atoms with Gasteiger partial charge in [-0.1, -0.05) is 42.0 Å². The minimum absolute atomic E-state index is 0.0159. The van der Waals surface area contributed by atoms with Crippen LogP contribution in [0.15, 0.2) is 71.3 Å². The van der Waals surface area contributed by atoms with E-state index in [1.165, 1.54) is 6.26 Å². The molecule has 3 aromatic rings. The van der Waals surface area contributed by atoms with Crippen molar-refractivity contribution in [1.82, 2.24) is 10.2 Å². The average molecular weight is 420 g/mol. The summed E-state index contributed by atoms with van der Waals surface area (Å²) < 4.78 is 5.34. The molecule has 0 aliphatic rings. The van der Waals surface area contributed by atoms with Gasteiger partial charge in [0.1, 0.15) is 0 Å². The number of carbonyl (C=O) groups is 2. The summed E-state index contributed by atoms with van der Waals surface area (Å²) >= 11 is 0. The Balaban J connectivity index is 1.74. The maximum Gasteiger partial charge on any atom is 0.294 e. The highest BCUT2D eigenvalue weighted by Gasteiger charge is 2.20. The number of nitrogens with zero attached hydrogens (tertiary/aromatic N) is 2. The van der Waals surface area contributed by atoms with Crippen LogP contribution in [0.3, 0.4) is 0 Å². The van der Waals surface area contributed by atoms with E-state index in [0.29, 0.717) is 19.5 Å². The Morgan fingerprint density at radius 3 is 2.39 bits per heavy atom. The second-order valence-electron chi connectivity index (χ2n) is 7.85. The van der Waals surface area contributed by atoms with Gasteiger partial charge in [-0.2, -0.15) is 0 Å². The van der Waals surface area contributed by atoms with Crippen molar-refractivity contribution in [2.45, 2.75) is 19.9 Å². The van der Waals surface area contributed by atoms with Crippen molar-refractivity contribution in [2.24, 2.45) is 0 Å². The quantitative estimate of drug-likeness (QED) is 0.575. The third kappa shape index (κ3) is 6.55. The van der Waals surface area contributed by atoms with Gasteiger partial charge in [-0.3, -0.25) is 9.59 Å². The first-order valence-corrected chi connectivity index (χ1v) is 10.3. The van der Waals surface area contributed by atoms with Crippen molar-refractivity contribution in [3.8, 4) is 0 Å². The largest absolute Gasteiger partial charge is 0.459 e. The molecule has 31 heavy (non-hydrogen) atoms. The lowest BCUT2D eigenvalue weighted by Gasteiger charge is -2.22. The third-order valence-corrected chi connectivity index (χ3v) is 4.89. The second kappa shape index (κ2) is 10.6. The van der Waals surface area contributed by atoms with Gasteiger partial charge in [-0.25, -0.2) is 0 Å². The number of furan rings is 1. The first kappa shape index (κ1) is 22.3. The molecule has 0 saturated carbocycles. The van der Waals surface area contributed by atoms with Crippen molar-refractivity contribution in [2.75, 3.05) is 32.1 Å². The molecule has 0 bridgehead atoms. The van der Waals surface area contributed by atoms with Crippen LogP contribution in [0.25, 0.3) is 0 Å². The molecule has 0 aliphatic carbocycles. The number of hydrogen-bond donors (Lipinski definition) is 1. The minimum atomic E-state index is -0.208. The molecule has 6 nitrogen and oxygen atoms in total. The first-order chi connectivity index (χ1) is 14.9. The van der Waals surface area contributed by atoms with Crippen molar-refractivity contribution in [3.63, 3.8) is 0 Å². The Bertz CT molecular complexity index is 995. The van der Waals surface area contributed by atoms with Gasteiger partial charge in [0.05, 0.1) is 19.2 Å². The molecule has 0 saturated heterocycles. The van der Waals surface area contributed by atoms with E-state index in [4.69, 9.17) is 4.42 Å². The molecule has 2 amide bonds. The van der Waals surface area contributed by atoms with Crippen LogP contribution >= 0.6 is 0 Å². The van der Waals surface area contributed by atoms with E-state index in [-0.39, 0.29) is 17.6 Å². The summed E-state index contributed by atoms with van der Waals surface area (Å²) in [5.74, 6) is 0.0653. The van der Waals surface area contributed by atoms with Crippen LogP contribution in [0.2, 0.25) is 0 Å². The van der Waals surface area contributed by atoms with Crippen LogP contribution in [0, 0.1) is 6.92 Å². The molecule has 2 aromatic carbocycles. The number of nitrogens with one attached hydrogen (secondary N) is 1. The topological polar surface area (TPSA) is 65.8 Å². The molecule has 0 atom stereocenters. The number of rotatable bonds is 9. The van der Waals surface area contributed by atoms with Crippen LogP contribution in [0.5, 0.6) is 0 Å². The molecule has 162 valence electrons. The number of amides is 2. The third-order valence-electron chi connectivity index (χ3n) is 4.89. The standard InChI is InChI=1S/C25H29N3O3/c1-19-6-4-7-21(16-19)18-28(25(30)23-8-5-15-31-23)22-11-9-20(10-12-22)17-24(29)26-13-14-27(2)3/h4-12,15-16H,13-14,17-18H2,1-3H3,(H,26,29). The molecular formula is C25H29N3O3. The number of hydrogen-bond acceptors (Lipinski definition) is 4. The number of aryl methyl sites for hydroxylation is 1. The molecular weight excluding hydrogens is 390 g/mol. The molecule has 1 aromatic heterocycles. The van der Waals surface area contributed by atoms with Crippen molar-refractivity contribution in [3.05, 3.63) is 89.4 Å². The number of anilines is 1. The highest BCUT2D eigenvalue weighted by Crippen LogP contribution is 2.22. The smallest absolute Gasteiger partial charge is 0.294 e. The van der Waals surface area contributed by atoms with Crippen LogP contribution in [-0.2, 0) is 17.8 Å². The van der Waals surface area contributed by atoms with E-state index < -0.39 is 0 Å². The van der Waals surface area contributed by atoms with Gasteiger partial charge in [0, 0.05) is 18.8 Å². The van der Waals surface area contributed by atoms with E-state index in [9.17, 15) is 9.59 Å². The van der Waals surface area contributed by atoms with Gasteiger partial charge in [-0.05, 0) is 56.4 Å². The minimum Gasteiger partial charge on any atom is -0.459 e. The molecule has 0 unspecified atom stereocenters. The Hall–Kier alpha value is -3.38. The highest BCUT2D eigenvalue weighted by molar-refractivity contribution is 6.04. The number of benzene rings is 2. The predicted octanol–water partition coefficient (Wildman–Crippen LogP) is 3.66. The van der Waals surface area contributed by atoms with Gasteiger partial charge in [-0.15, -0.1) is 0 Å². The van der Waals surface area contributed by atoms with Crippen LogP contribution in [-0.4, -0.2) is 43.9 Å². The van der Waals surface area contributed by atoms with E-state index in [2.05, 4.69) is 11.4 Å². The lowest BCUT2D eigenvalue weighted by molar-refractivity contribution is -0.120. The summed E-state index contributed by atoms with van der Waals surface area (Å²) in [5, 5.41) is 2.92. The van der Waals surface area contributed by atoms with Gasteiger partial charge >= 0.3 is 0 Å². The molecule has 0 radical (unpaired) electrons. The average Bonchev–Trinajstić information content (AvgIpc) is 3.27. The lowest BCUT2D eigenvalue weighted by atomic mass is 10.1. The lowest BCUT2D eigenvalue weighted by Crippen LogP contribution is -2.32. The zero-order chi connectivity index (χ0) is 22.2. The molecule has 6 heteroatoms. The molecule has 1 N–H and O–H groups in total. The van der Waals surface area contributed by atoms with Gasteiger partial charge in [0.25, 0.3) is 5.91 Å². The Morgan fingerprint density at radius 2 is 1.74 bits per heavy atom. The summed E-state index contributed by atoms with van der Waals surface area (Å²) in [6.45, 7) is 3.87. The second-order valence-corrected chi connectivity index (χ2v) is 7.85. The fourth-order valence-corrected chi connectivity index (χ4v) is 3.27. The van der Waals surface area contributed by atoms with Crippen LogP contribution < -0.4 is 10.2 Å². The van der Waals surface area contributed by atoms with E-state index >= 15 is 0 Å². The monoisotopic (exact) mass is 419 g/mol. The first-order valence-electron chi connectivity index (χ1n) is 10.3. The van der Waals surface area contributed by atoms with Crippen molar-refractivity contribution < 1.29 is 14.0 Å². The Morgan fingerprint density at radius 1 is 0.968 bits per heavy atom. The zero-order valence-corrected chi connectivity index (χ0v) is 18.3. The Kier molecular flexibility index (Phi) is 7.62. The van der Waals surface area contributed by atoms with Gasteiger partial charge in [0.15, 0.2) is 5.76 Å². The fraction of sp³-hybridized carbons (Fsp3) is 0.280. The van der Waals surface area contributed by atoms with E-state index in [0.717, 1.165) is 28.9 Å². The predicted molar refractivity (Wildman–Crippen MR) is 122 cm³/mol. The van der Waals surface area contributed by atoms with Crippen molar-refractivity contribution >= 4 is 17.5 Å². The summed E-state index contributed by atoms with van der Waals surface area (Å²) in [6, 6.07) is 19.0. The molecule has 0 fully saturated rings. The number of carbonyl (C=O) groups excluding carboxylic acids is 2. The molecule has 3 rings (SSSR count). The molecule has 0 aliphatic heterocycles. The van der Waals surface area contributed by atoms with Crippen LogP contribution in [0.1, 0.15) is 27.2 Å². The normalized spacial score (nSPS) is 10.8. The Labute approximate surface area is 183 Å². The zero-order valence-electron chi connectivity index (χ0n) is 18.3. The molecule has 1 heterocycles. The summed E-state index contributed by atoms with van der Waals surface area (Å²) in [6.07, 6.45) is 1.80. The van der Waals surface area contributed by atoms with Gasteiger partial charge in [0.2, 0.25) is 5.91 Å². The summed E-state index contributed by atoms with van der Waals surface area (Å²) in [5.41, 5.74) is 3.81. The SMILES string of the molecule is Cc1cccc(CN(C(=O)c2ccco2)c2ccc(CC(=O)NCCN(C)C)cc2)c1.